The van der Waals surface area contributed by atoms with E-state index in [0.29, 0.717) is 5.92 Å². The van der Waals surface area contributed by atoms with E-state index >= 15 is 0 Å². The molecule has 19 heavy (non-hydrogen) atoms. The monoisotopic (exact) mass is 265 g/mol. The van der Waals surface area contributed by atoms with Gasteiger partial charge in [-0.05, 0) is 23.5 Å². The lowest BCUT2D eigenvalue weighted by Gasteiger charge is -2.11. The SMILES string of the molecule is CC(C)Cc1ccc(C(C)C(=O)CO[N+](=O)[O-])cc1. The second-order valence-electron chi connectivity index (χ2n) is 5.02. The Balaban J connectivity index is 2.64. The summed E-state index contributed by atoms with van der Waals surface area (Å²) >= 11 is 0. The molecule has 1 unspecified atom stereocenters. The molecule has 0 fully saturated rings. The molecule has 1 atom stereocenters. The molecule has 1 aromatic carbocycles. The second-order valence-corrected chi connectivity index (χ2v) is 5.02. The van der Waals surface area contributed by atoms with Gasteiger partial charge in [0.15, 0.2) is 12.4 Å². The van der Waals surface area contributed by atoms with Crippen molar-refractivity contribution in [2.45, 2.75) is 33.1 Å². The average molecular weight is 265 g/mol. The third-order valence-corrected chi connectivity index (χ3v) is 2.92. The van der Waals surface area contributed by atoms with Crippen LogP contribution in [0.25, 0.3) is 0 Å². The first-order valence-corrected chi connectivity index (χ1v) is 6.29. The Kier molecular flexibility index (Phi) is 5.48. The highest BCUT2D eigenvalue weighted by Gasteiger charge is 2.16. The van der Waals surface area contributed by atoms with E-state index in [1.807, 2.05) is 24.3 Å². The van der Waals surface area contributed by atoms with E-state index in [0.717, 1.165) is 12.0 Å². The van der Waals surface area contributed by atoms with Crippen LogP contribution >= 0.6 is 0 Å². The van der Waals surface area contributed by atoms with Gasteiger partial charge < -0.3 is 4.84 Å². The van der Waals surface area contributed by atoms with Crippen molar-refractivity contribution >= 4 is 5.78 Å². The van der Waals surface area contributed by atoms with Crippen molar-refractivity contribution < 1.29 is 14.7 Å². The first-order chi connectivity index (χ1) is 8.90. The summed E-state index contributed by atoms with van der Waals surface area (Å²) in [6.07, 6.45) is 0.993. The van der Waals surface area contributed by atoms with Crippen LogP contribution in [0.15, 0.2) is 24.3 Å². The molecule has 0 saturated heterocycles. The first-order valence-electron chi connectivity index (χ1n) is 6.29. The Morgan fingerprint density at radius 2 is 1.84 bits per heavy atom. The summed E-state index contributed by atoms with van der Waals surface area (Å²) in [4.78, 5) is 25.8. The molecule has 0 aromatic heterocycles. The van der Waals surface area contributed by atoms with Gasteiger partial charge in [-0.15, -0.1) is 10.1 Å². The van der Waals surface area contributed by atoms with Crippen LogP contribution in [-0.4, -0.2) is 17.5 Å². The third-order valence-electron chi connectivity index (χ3n) is 2.92. The Morgan fingerprint density at radius 1 is 1.26 bits per heavy atom. The Labute approximate surface area is 112 Å². The minimum absolute atomic E-state index is 0.298. The zero-order chi connectivity index (χ0) is 14.4. The normalized spacial score (nSPS) is 12.2. The van der Waals surface area contributed by atoms with Gasteiger partial charge in [0.05, 0.1) is 0 Å². The molecule has 0 N–H and O–H groups in total. The Hall–Kier alpha value is -1.91. The lowest BCUT2D eigenvalue weighted by molar-refractivity contribution is -0.754. The highest BCUT2D eigenvalue weighted by atomic mass is 16.9. The molecule has 5 nitrogen and oxygen atoms in total. The van der Waals surface area contributed by atoms with Gasteiger partial charge in [0, 0.05) is 5.92 Å². The van der Waals surface area contributed by atoms with E-state index in [-0.39, 0.29) is 5.78 Å². The fourth-order valence-corrected chi connectivity index (χ4v) is 1.84. The highest BCUT2D eigenvalue weighted by Crippen LogP contribution is 2.18. The second kappa shape index (κ2) is 6.87. The van der Waals surface area contributed by atoms with Crippen molar-refractivity contribution in [2.24, 2.45) is 5.92 Å². The molecule has 0 aliphatic rings. The molecule has 1 aromatic rings. The minimum Gasteiger partial charge on any atom is -0.306 e. The Bertz CT molecular complexity index is 439. The Morgan fingerprint density at radius 3 is 2.32 bits per heavy atom. The summed E-state index contributed by atoms with van der Waals surface area (Å²) in [6, 6.07) is 7.78. The van der Waals surface area contributed by atoms with Crippen LogP contribution in [0.3, 0.4) is 0 Å². The van der Waals surface area contributed by atoms with Crippen LogP contribution in [-0.2, 0) is 16.1 Å². The molecule has 104 valence electrons. The molecule has 1 rings (SSSR count). The lowest BCUT2D eigenvalue weighted by atomic mass is 9.94. The van der Waals surface area contributed by atoms with Crippen molar-refractivity contribution in [3.8, 4) is 0 Å². The summed E-state index contributed by atoms with van der Waals surface area (Å²) in [5, 5.41) is 9.09. The largest absolute Gasteiger partial charge is 0.306 e. The molecule has 0 bridgehead atoms. The summed E-state index contributed by atoms with van der Waals surface area (Å²) in [5.74, 6) is -0.111. The van der Waals surface area contributed by atoms with Crippen molar-refractivity contribution in [2.75, 3.05) is 6.61 Å². The predicted molar refractivity (Wildman–Crippen MR) is 71.4 cm³/mol. The third kappa shape index (κ3) is 5.07. The predicted octanol–water partition coefficient (Wildman–Crippen LogP) is 2.77. The topological polar surface area (TPSA) is 69.4 Å². The van der Waals surface area contributed by atoms with E-state index < -0.39 is 17.6 Å². The molecule has 0 aliphatic carbocycles. The number of hydrogen-bond acceptors (Lipinski definition) is 4. The smallest absolute Gasteiger partial charge is 0.294 e. The number of ketones is 1. The quantitative estimate of drug-likeness (QED) is 0.561. The molecular formula is C14H19NO4. The van der Waals surface area contributed by atoms with Gasteiger partial charge in [0.2, 0.25) is 0 Å². The molecule has 0 heterocycles. The van der Waals surface area contributed by atoms with Crippen molar-refractivity contribution in [1.82, 2.24) is 0 Å². The molecule has 5 heteroatoms. The van der Waals surface area contributed by atoms with Gasteiger partial charge in [0.1, 0.15) is 0 Å². The fourth-order valence-electron chi connectivity index (χ4n) is 1.84. The van der Waals surface area contributed by atoms with Crippen molar-refractivity contribution in [3.05, 3.63) is 45.5 Å². The summed E-state index contributed by atoms with van der Waals surface area (Å²) in [7, 11) is 0. The molecule has 0 spiro atoms. The highest BCUT2D eigenvalue weighted by molar-refractivity contribution is 5.86. The maximum atomic E-state index is 11.7. The first kappa shape index (κ1) is 15.1. The van der Waals surface area contributed by atoms with E-state index in [1.54, 1.807) is 6.92 Å². The van der Waals surface area contributed by atoms with E-state index in [1.165, 1.54) is 5.56 Å². The number of benzene rings is 1. The summed E-state index contributed by atoms with van der Waals surface area (Å²) < 4.78 is 0. The van der Waals surface area contributed by atoms with Crippen molar-refractivity contribution in [3.63, 3.8) is 0 Å². The maximum Gasteiger partial charge on any atom is 0.294 e. The average Bonchev–Trinajstić information content (AvgIpc) is 2.35. The van der Waals surface area contributed by atoms with E-state index in [2.05, 4.69) is 18.7 Å². The van der Waals surface area contributed by atoms with Gasteiger partial charge in [0.25, 0.3) is 5.09 Å². The van der Waals surface area contributed by atoms with E-state index in [9.17, 15) is 14.9 Å². The zero-order valence-corrected chi connectivity index (χ0v) is 11.5. The van der Waals surface area contributed by atoms with E-state index in [4.69, 9.17) is 0 Å². The van der Waals surface area contributed by atoms with Crippen LogP contribution < -0.4 is 0 Å². The molecule has 0 amide bonds. The number of Topliss-reactive ketones (excluding diaryl/α,β-unsaturated/α-hetero) is 1. The van der Waals surface area contributed by atoms with Gasteiger partial charge in [-0.3, -0.25) is 4.79 Å². The molecule has 0 saturated carbocycles. The van der Waals surface area contributed by atoms with Crippen LogP contribution in [0, 0.1) is 16.0 Å². The minimum atomic E-state index is -0.948. The van der Waals surface area contributed by atoms with Gasteiger partial charge >= 0.3 is 0 Å². The van der Waals surface area contributed by atoms with Gasteiger partial charge in [-0.25, -0.2) is 0 Å². The number of carbonyl (C=O) groups excluding carboxylic acids is 1. The molecule has 0 aliphatic heterocycles. The summed E-state index contributed by atoms with van der Waals surface area (Å²) in [5.41, 5.74) is 2.07. The number of hydrogen-bond donors (Lipinski definition) is 0. The fraction of sp³-hybridized carbons (Fsp3) is 0.500. The van der Waals surface area contributed by atoms with Crippen LogP contribution in [0.1, 0.15) is 37.8 Å². The number of nitrogens with zero attached hydrogens (tertiary/aromatic N) is 1. The van der Waals surface area contributed by atoms with Crippen LogP contribution in [0.4, 0.5) is 0 Å². The molecule has 0 radical (unpaired) electrons. The molecular weight excluding hydrogens is 246 g/mol. The standard InChI is InChI=1S/C14H19NO4/c1-10(2)8-12-4-6-13(7-5-12)11(3)14(16)9-19-15(17)18/h4-7,10-11H,8-9H2,1-3H3. The summed E-state index contributed by atoms with van der Waals surface area (Å²) in [6.45, 7) is 5.52. The van der Waals surface area contributed by atoms with Crippen LogP contribution in [0.2, 0.25) is 0 Å². The van der Waals surface area contributed by atoms with Gasteiger partial charge in [-0.1, -0.05) is 45.0 Å². The maximum absolute atomic E-state index is 11.7. The van der Waals surface area contributed by atoms with Crippen molar-refractivity contribution in [1.29, 1.82) is 0 Å². The number of rotatable bonds is 7. The lowest BCUT2D eigenvalue weighted by Crippen LogP contribution is -2.18. The zero-order valence-electron chi connectivity index (χ0n) is 11.5. The number of carbonyl (C=O) groups is 1. The van der Waals surface area contributed by atoms with Crippen LogP contribution in [0.5, 0.6) is 0 Å². The van der Waals surface area contributed by atoms with Gasteiger partial charge in [-0.2, -0.15) is 0 Å².